The van der Waals surface area contributed by atoms with Crippen LogP contribution in [0.4, 0.5) is 0 Å². The molecule has 0 radical (unpaired) electrons. The van der Waals surface area contributed by atoms with Crippen LogP contribution in [0.1, 0.15) is 20.7 Å². The molecule has 8 heteroatoms. The number of carbonyl (C=O) groups is 2. The molecule has 0 aliphatic heterocycles. The van der Waals surface area contributed by atoms with Crippen molar-refractivity contribution < 1.29 is 18.4 Å². The van der Waals surface area contributed by atoms with Crippen LogP contribution in [-0.2, 0) is 0 Å². The van der Waals surface area contributed by atoms with Crippen molar-refractivity contribution in [1.82, 2.24) is 15.8 Å². The summed E-state index contributed by atoms with van der Waals surface area (Å²) < 4.78 is 10.6. The van der Waals surface area contributed by atoms with E-state index in [1.165, 1.54) is 12.3 Å². The van der Waals surface area contributed by atoms with Gasteiger partial charge in [0.05, 0.1) is 17.3 Å². The van der Waals surface area contributed by atoms with Gasteiger partial charge in [-0.3, -0.25) is 20.4 Å². The highest BCUT2D eigenvalue weighted by Crippen LogP contribution is 2.25. The Bertz CT molecular complexity index is 1540. The summed E-state index contributed by atoms with van der Waals surface area (Å²) in [6, 6.07) is 20.4. The van der Waals surface area contributed by atoms with Crippen LogP contribution in [-0.4, -0.2) is 16.8 Å². The zero-order valence-corrected chi connectivity index (χ0v) is 16.5. The molecule has 0 aliphatic carbocycles. The van der Waals surface area contributed by atoms with E-state index in [1.807, 2.05) is 6.07 Å². The fourth-order valence-electron chi connectivity index (χ4n) is 3.38. The Labute approximate surface area is 180 Å². The second-order valence-electron chi connectivity index (χ2n) is 6.94. The minimum atomic E-state index is -0.801. The summed E-state index contributed by atoms with van der Waals surface area (Å²) >= 11 is 0. The summed E-state index contributed by atoms with van der Waals surface area (Å²) in [4.78, 5) is 42.2. The van der Waals surface area contributed by atoms with Crippen LogP contribution < -0.4 is 16.5 Å². The molecule has 8 nitrogen and oxygen atoms in total. The van der Waals surface area contributed by atoms with E-state index in [-0.39, 0.29) is 11.1 Å². The van der Waals surface area contributed by atoms with Crippen LogP contribution in [0, 0.1) is 0 Å². The Balaban J connectivity index is 1.44. The number of para-hydroxylation sites is 2. The van der Waals surface area contributed by atoms with E-state index in [0.717, 1.165) is 0 Å². The van der Waals surface area contributed by atoms with Gasteiger partial charge in [0, 0.05) is 10.8 Å². The molecule has 0 saturated heterocycles. The topological polar surface area (TPSA) is 114 Å². The summed E-state index contributed by atoms with van der Waals surface area (Å²) in [6.45, 7) is 0. The van der Waals surface area contributed by atoms with Crippen LogP contribution in [0.2, 0.25) is 0 Å². The van der Waals surface area contributed by atoms with Crippen LogP contribution in [0.5, 0.6) is 0 Å². The lowest BCUT2D eigenvalue weighted by molar-refractivity contribution is 0.0845. The van der Waals surface area contributed by atoms with Crippen molar-refractivity contribution in [1.29, 1.82) is 0 Å². The SMILES string of the molecule is O=C(NNC(=O)c1cc(-c2ccco2)nc2ccccc12)c1cc2ccccc2oc1=O. The first-order valence-electron chi connectivity index (χ1n) is 9.67. The van der Waals surface area contributed by atoms with Crippen molar-refractivity contribution in [2.24, 2.45) is 0 Å². The lowest BCUT2D eigenvalue weighted by atomic mass is 10.1. The van der Waals surface area contributed by atoms with Crippen LogP contribution in [0.15, 0.2) is 92.7 Å². The van der Waals surface area contributed by atoms with Crippen molar-refractivity contribution in [2.45, 2.75) is 0 Å². The second kappa shape index (κ2) is 7.84. The molecule has 156 valence electrons. The van der Waals surface area contributed by atoms with E-state index in [1.54, 1.807) is 60.7 Å². The number of amides is 2. The quantitative estimate of drug-likeness (QED) is 0.337. The molecule has 0 bridgehead atoms. The Hall–Kier alpha value is -4.72. The summed E-state index contributed by atoms with van der Waals surface area (Å²) in [5, 5.41) is 1.19. The second-order valence-corrected chi connectivity index (χ2v) is 6.94. The molecule has 2 amide bonds. The molecule has 3 aromatic heterocycles. The van der Waals surface area contributed by atoms with Gasteiger partial charge in [0.1, 0.15) is 16.8 Å². The Morgan fingerprint density at radius 3 is 2.38 bits per heavy atom. The molecule has 0 fully saturated rings. The third-order valence-electron chi connectivity index (χ3n) is 4.91. The third kappa shape index (κ3) is 3.50. The number of fused-ring (bicyclic) bond motifs is 2. The number of aromatic nitrogens is 1. The fourth-order valence-corrected chi connectivity index (χ4v) is 3.38. The number of hydrogen-bond acceptors (Lipinski definition) is 6. The number of carbonyl (C=O) groups excluding carboxylic acids is 2. The van der Waals surface area contributed by atoms with E-state index >= 15 is 0 Å². The monoisotopic (exact) mass is 425 g/mol. The van der Waals surface area contributed by atoms with Crippen LogP contribution >= 0.6 is 0 Å². The largest absolute Gasteiger partial charge is 0.463 e. The number of hydrazine groups is 1. The van der Waals surface area contributed by atoms with Crippen molar-refractivity contribution >= 4 is 33.7 Å². The highest BCUT2D eigenvalue weighted by molar-refractivity contribution is 6.08. The highest BCUT2D eigenvalue weighted by atomic mass is 16.4. The summed E-state index contributed by atoms with van der Waals surface area (Å²) in [6.07, 6.45) is 1.52. The number of benzene rings is 2. The molecular formula is C24H15N3O5. The fraction of sp³-hybridized carbons (Fsp3) is 0. The molecule has 2 aromatic carbocycles. The van der Waals surface area contributed by atoms with E-state index < -0.39 is 17.4 Å². The first kappa shape index (κ1) is 19.3. The molecule has 0 unspecified atom stereocenters. The van der Waals surface area contributed by atoms with Gasteiger partial charge in [-0.05, 0) is 36.4 Å². The first-order valence-corrected chi connectivity index (χ1v) is 9.67. The number of pyridine rings is 1. The van der Waals surface area contributed by atoms with Crippen LogP contribution in [0.25, 0.3) is 33.3 Å². The maximum atomic E-state index is 12.9. The Morgan fingerprint density at radius 2 is 1.56 bits per heavy atom. The molecule has 0 atom stereocenters. The van der Waals surface area contributed by atoms with Gasteiger partial charge in [0.15, 0.2) is 5.76 Å². The first-order chi connectivity index (χ1) is 15.6. The molecule has 0 aliphatic rings. The molecule has 32 heavy (non-hydrogen) atoms. The van der Waals surface area contributed by atoms with E-state index in [2.05, 4.69) is 15.8 Å². The Kier molecular flexibility index (Phi) is 4.72. The van der Waals surface area contributed by atoms with Gasteiger partial charge in [-0.1, -0.05) is 36.4 Å². The van der Waals surface area contributed by atoms with Gasteiger partial charge in [-0.25, -0.2) is 9.78 Å². The standard InChI is InChI=1S/C24H15N3O5/c28-22(26-27-23(29)17-12-14-6-1-4-9-20(14)32-24(17)30)16-13-19(21-10-5-11-31-21)25-18-8-3-2-7-15(16)18/h1-13H,(H,26,28)(H,27,29). The van der Waals surface area contributed by atoms with Crippen molar-refractivity contribution in [3.63, 3.8) is 0 Å². The van der Waals surface area contributed by atoms with Gasteiger partial charge in [0.25, 0.3) is 11.8 Å². The molecule has 0 spiro atoms. The zero-order valence-electron chi connectivity index (χ0n) is 16.5. The summed E-state index contributed by atoms with van der Waals surface area (Å²) in [5.41, 5.74) is 5.33. The number of rotatable bonds is 3. The van der Waals surface area contributed by atoms with E-state index in [9.17, 15) is 14.4 Å². The predicted octanol–water partition coefficient (Wildman–Crippen LogP) is 3.68. The van der Waals surface area contributed by atoms with Crippen molar-refractivity contribution in [2.75, 3.05) is 0 Å². The van der Waals surface area contributed by atoms with Gasteiger partial charge in [0.2, 0.25) is 0 Å². The minimum Gasteiger partial charge on any atom is -0.463 e. The van der Waals surface area contributed by atoms with Crippen LogP contribution in [0.3, 0.4) is 0 Å². The third-order valence-corrected chi connectivity index (χ3v) is 4.91. The van der Waals surface area contributed by atoms with Crippen molar-refractivity contribution in [3.8, 4) is 11.5 Å². The number of nitrogens with zero attached hydrogens (tertiary/aromatic N) is 1. The zero-order chi connectivity index (χ0) is 22.1. The average Bonchev–Trinajstić information content (AvgIpc) is 3.36. The van der Waals surface area contributed by atoms with Gasteiger partial charge in [-0.15, -0.1) is 0 Å². The van der Waals surface area contributed by atoms with Gasteiger partial charge >= 0.3 is 5.63 Å². The number of nitrogens with one attached hydrogen (secondary N) is 2. The lowest BCUT2D eigenvalue weighted by Gasteiger charge is -2.10. The van der Waals surface area contributed by atoms with Crippen molar-refractivity contribution in [3.05, 3.63) is 101 Å². The molecule has 5 aromatic rings. The maximum absolute atomic E-state index is 12.9. The van der Waals surface area contributed by atoms with Gasteiger partial charge in [-0.2, -0.15) is 0 Å². The maximum Gasteiger partial charge on any atom is 0.349 e. The highest BCUT2D eigenvalue weighted by Gasteiger charge is 2.18. The Morgan fingerprint density at radius 1 is 0.812 bits per heavy atom. The number of furan rings is 1. The predicted molar refractivity (Wildman–Crippen MR) is 117 cm³/mol. The summed E-state index contributed by atoms with van der Waals surface area (Å²) in [7, 11) is 0. The normalized spacial score (nSPS) is 10.9. The van der Waals surface area contributed by atoms with E-state index in [4.69, 9.17) is 8.83 Å². The van der Waals surface area contributed by atoms with Gasteiger partial charge < -0.3 is 8.83 Å². The molecule has 2 N–H and O–H groups in total. The molecule has 5 rings (SSSR count). The van der Waals surface area contributed by atoms with E-state index in [0.29, 0.717) is 33.3 Å². The number of hydrogen-bond donors (Lipinski definition) is 2. The summed E-state index contributed by atoms with van der Waals surface area (Å²) in [5.74, 6) is -0.861. The molecular weight excluding hydrogens is 410 g/mol. The smallest absolute Gasteiger partial charge is 0.349 e. The average molecular weight is 425 g/mol. The lowest BCUT2D eigenvalue weighted by Crippen LogP contribution is -2.43. The molecule has 3 heterocycles. The molecule has 0 saturated carbocycles. The minimum absolute atomic E-state index is 0.222.